The van der Waals surface area contributed by atoms with E-state index in [9.17, 15) is 9.50 Å². The average Bonchev–Trinajstić information content (AvgIpc) is 2.21. The van der Waals surface area contributed by atoms with Crippen LogP contribution in [0, 0.1) is 11.7 Å². The maximum atomic E-state index is 12.8. The van der Waals surface area contributed by atoms with E-state index in [1.54, 1.807) is 12.1 Å². The average molecular weight is 225 g/mol. The predicted molar refractivity (Wildman–Crippen MR) is 63.7 cm³/mol. The van der Waals surface area contributed by atoms with Crippen molar-refractivity contribution in [3.63, 3.8) is 0 Å². The molecule has 3 heteroatoms. The van der Waals surface area contributed by atoms with E-state index >= 15 is 0 Å². The first kappa shape index (κ1) is 13.1. The first-order chi connectivity index (χ1) is 7.54. The molecule has 0 bridgehead atoms. The molecule has 0 spiro atoms. The summed E-state index contributed by atoms with van der Waals surface area (Å²) >= 11 is 0. The van der Waals surface area contributed by atoms with Crippen molar-refractivity contribution in [2.75, 3.05) is 6.54 Å². The summed E-state index contributed by atoms with van der Waals surface area (Å²) < 4.78 is 12.8. The molecule has 0 fully saturated rings. The molecule has 0 amide bonds. The quantitative estimate of drug-likeness (QED) is 0.807. The van der Waals surface area contributed by atoms with E-state index in [-0.39, 0.29) is 11.7 Å². The number of rotatable bonds is 5. The van der Waals surface area contributed by atoms with E-state index in [1.165, 1.54) is 12.1 Å². The number of nitrogens with two attached hydrogens (primary N) is 1. The van der Waals surface area contributed by atoms with Gasteiger partial charge in [0, 0.05) is 12.5 Å². The number of benzene rings is 1. The summed E-state index contributed by atoms with van der Waals surface area (Å²) in [6.45, 7) is 4.49. The highest BCUT2D eigenvalue weighted by molar-refractivity contribution is 5.22. The van der Waals surface area contributed by atoms with E-state index in [1.807, 2.05) is 0 Å². The van der Waals surface area contributed by atoms with Crippen molar-refractivity contribution in [3.05, 3.63) is 35.6 Å². The Hall–Kier alpha value is -0.930. The number of halogens is 1. The molecular formula is C13H20FNO. The van der Waals surface area contributed by atoms with Gasteiger partial charge in [-0.05, 0) is 30.0 Å². The zero-order valence-corrected chi connectivity index (χ0v) is 9.86. The number of hydrogen-bond acceptors (Lipinski definition) is 2. The lowest BCUT2D eigenvalue weighted by Crippen LogP contribution is -2.27. The van der Waals surface area contributed by atoms with Gasteiger partial charge in [0.1, 0.15) is 5.82 Å². The minimum absolute atomic E-state index is 0.108. The largest absolute Gasteiger partial charge is 0.392 e. The monoisotopic (exact) mass is 225 g/mol. The maximum absolute atomic E-state index is 12.8. The molecule has 0 saturated carbocycles. The molecule has 0 heterocycles. The normalized spacial score (nSPS) is 15.1. The summed E-state index contributed by atoms with van der Waals surface area (Å²) in [5.74, 6) is 0.0466. The first-order valence-corrected chi connectivity index (χ1v) is 5.68. The van der Waals surface area contributed by atoms with Crippen LogP contribution in [0.15, 0.2) is 24.3 Å². The van der Waals surface area contributed by atoms with Gasteiger partial charge in [0.05, 0.1) is 6.10 Å². The molecule has 0 aliphatic carbocycles. The summed E-state index contributed by atoms with van der Waals surface area (Å²) in [6.07, 6.45) is 0.245. The second-order valence-electron chi connectivity index (χ2n) is 4.59. The van der Waals surface area contributed by atoms with Gasteiger partial charge >= 0.3 is 0 Å². The van der Waals surface area contributed by atoms with Crippen LogP contribution >= 0.6 is 0 Å². The third-order valence-electron chi connectivity index (χ3n) is 2.73. The van der Waals surface area contributed by atoms with Crippen LogP contribution in [0.3, 0.4) is 0 Å². The van der Waals surface area contributed by atoms with Gasteiger partial charge in [-0.15, -0.1) is 0 Å². The molecule has 3 N–H and O–H groups in total. The zero-order valence-electron chi connectivity index (χ0n) is 9.86. The summed E-state index contributed by atoms with van der Waals surface area (Å²) in [4.78, 5) is 0. The van der Waals surface area contributed by atoms with E-state index < -0.39 is 6.10 Å². The van der Waals surface area contributed by atoms with Crippen LogP contribution in [0.5, 0.6) is 0 Å². The third kappa shape index (κ3) is 3.58. The van der Waals surface area contributed by atoms with Crippen molar-refractivity contribution < 1.29 is 9.50 Å². The molecule has 0 aliphatic rings. The Kier molecular flexibility index (Phi) is 4.90. The zero-order chi connectivity index (χ0) is 12.1. The highest BCUT2D eigenvalue weighted by Crippen LogP contribution is 2.23. The van der Waals surface area contributed by atoms with Crippen LogP contribution < -0.4 is 5.73 Å². The van der Waals surface area contributed by atoms with Crippen molar-refractivity contribution in [1.82, 2.24) is 0 Å². The van der Waals surface area contributed by atoms with Gasteiger partial charge in [-0.1, -0.05) is 26.0 Å². The third-order valence-corrected chi connectivity index (χ3v) is 2.73. The van der Waals surface area contributed by atoms with Gasteiger partial charge in [0.2, 0.25) is 0 Å². The second-order valence-corrected chi connectivity index (χ2v) is 4.59. The lowest BCUT2D eigenvalue weighted by atomic mass is 9.89. The van der Waals surface area contributed by atoms with Crippen LogP contribution in [-0.4, -0.2) is 17.8 Å². The van der Waals surface area contributed by atoms with Crippen molar-refractivity contribution in [2.45, 2.75) is 32.3 Å². The van der Waals surface area contributed by atoms with Crippen LogP contribution in [0.4, 0.5) is 4.39 Å². The predicted octanol–water partition coefficient (Wildman–Crippen LogP) is 2.28. The molecule has 2 unspecified atom stereocenters. The molecular weight excluding hydrogens is 205 g/mol. The summed E-state index contributed by atoms with van der Waals surface area (Å²) in [7, 11) is 0. The van der Waals surface area contributed by atoms with Crippen LogP contribution in [0.25, 0.3) is 0 Å². The summed E-state index contributed by atoms with van der Waals surface area (Å²) in [5.41, 5.74) is 6.57. The van der Waals surface area contributed by atoms with Gasteiger partial charge in [-0.3, -0.25) is 0 Å². The lowest BCUT2D eigenvalue weighted by Gasteiger charge is -2.23. The molecule has 0 aliphatic heterocycles. The fraction of sp³-hybridized carbons (Fsp3) is 0.538. The van der Waals surface area contributed by atoms with Crippen molar-refractivity contribution >= 4 is 0 Å². The van der Waals surface area contributed by atoms with E-state index in [4.69, 9.17) is 5.73 Å². The van der Waals surface area contributed by atoms with E-state index in [2.05, 4.69) is 13.8 Å². The Morgan fingerprint density at radius 3 is 2.25 bits per heavy atom. The van der Waals surface area contributed by atoms with Gasteiger partial charge in [-0.2, -0.15) is 0 Å². The molecule has 2 nitrogen and oxygen atoms in total. The minimum atomic E-state index is -0.463. The fourth-order valence-electron chi connectivity index (χ4n) is 1.87. The van der Waals surface area contributed by atoms with Crippen LogP contribution in [0.1, 0.15) is 31.7 Å². The Labute approximate surface area is 96.3 Å². The van der Waals surface area contributed by atoms with Gasteiger partial charge in [0.15, 0.2) is 0 Å². The first-order valence-electron chi connectivity index (χ1n) is 5.68. The Morgan fingerprint density at radius 2 is 1.81 bits per heavy atom. The molecule has 0 saturated heterocycles. The van der Waals surface area contributed by atoms with Crippen LogP contribution in [-0.2, 0) is 0 Å². The standard InChI is InChI=1S/C13H20FNO/c1-9(2)7-13(16)12(8-15)10-3-5-11(14)6-4-10/h3-6,9,12-13,16H,7-8,15H2,1-2H3. The molecule has 0 radical (unpaired) electrons. The molecule has 0 aromatic heterocycles. The molecule has 16 heavy (non-hydrogen) atoms. The smallest absolute Gasteiger partial charge is 0.123 e. The van der Waals surface area contributed by atoms with Gasteiger partial charge in [0.25, 0.3) is 0 Å². The van der Waals surface area contributed by atoms with Crippen molar-refractivity contribution in [2.24, 2.45) is 11.7 Å². The fourth-order valence-corrected chi connectivity index (χ4v) is 1.87. The van der Waals surface area contributed by atoms with E-state index in [0.29, 0.717) is 18.9 Å². The Bertz CT molecular complexity index is 310. The maximum Gasteiger partial charge on any atom is 0.123 e. The van der Waals surface area contributed by atoms with Crippen LogP contribution in [0.2, 0.25) is 0 Å². The summed E-state index contributed by atoms with van der Waals surface area (Å²) in [6, 6.07) is 6.19. The summed E-state index contributed by atoms with van der Waals surface area (Å²) in [5, 5.41) is 10.0. The molecule has 1 aromatic carbocycles. The number of hydrogen-bond donors (Lipinski definition) is 2. The van der Waals surface area contributed by atoms with Gasteiger partial charge in [-0.25, -0.2) is 4.39 Å². The number of aliphatic hydroxyl groups excluding tert-OH is 1. The minimum Gasteiger partial charge on any atom is -0.392 e. The van der Waals surface area contributed by atoms with Crippen molar-refractivity contribution in [3.8, 4) is 0 Å². The van der Waals surface area contributed by atoms with Crippen molar-refractivity contribution in [1.29, 1.82) is 0 Å². The lowest BCUT2D eigenvalue weighted by molar-refractivity contribution is 0.121. The second kappa shape index (κ2) is 5.97. The Balaban J connectivity index is 2.77. The highest BCUT2D eigenvalue weighted by Gasteiger charge is 2.20. The number of aliphatic hydroxyl groups is 1. The molecule has 1 rings (SSSR count). The highest BCUT2D eigenvalue weighted by atomic mass is 19.1. The SMILES string of the molecule is CC(C)CC(O)C(CN)c1ccc(F)cc1. The molecule has 90 valence electrons. The Morgan fingerprint density at radius 1 is 1.25 bits per heavy atom. The molecule has 2 atom stereocenters. The topological polar surface area (TPSA) is 46.2 Å². The van der Waals surface area contributed by atoms with E-state index in [0.717, 1.165) is 5.56 Å². The van der Waals surface area contributed by atoms with Gasteiger partial charge < -0.3 is 10.8 Å². The molecule has 1 aromatic rings.